The van der Waals surface area contributed by atoms with E-state index in [1.165, 1.54) is 6.92 Å². The minimum absolute atomic E-state index is 0.0680. The molecular weight excluding hydrogens is 258 g/mol. The molecule has 1 aromatic rings. The van der Waals surface area contributed by atoms with E-state index in [4.69, 9.17) is 9.47 Å². The summed E-state index contributed by atoms with van der Waals surface area (Å²) >= 11 is 0. The smallest absolute Gasteiger partial charge is 0.408 e. The van der Waals surface area contributed by atoms with E-state index >= 15 is 0 Å². The van der Waals surface area contributed by atoms with Crippen LogP contribution in [0.2, 0.25) is 0 Å². The van der Waals surface area contributed by atoms with E-state index in [9.17, 15) is 9.59 Å². The molecule has 0 saturated carbocycles. The van der Waals surface area contributed by atoms with Gasteiger partial charge in [0.25, 0.3) is 0 Å². The summed E-state index contributed by atoms with van der Waals surface area (Å²) in [5.74, 6) is -0.392. The molecule has 1 amide bonds. The van der Waals surface area contributed by atoms with E-state index in [0.29, 0.717) is 0 Å². The minimum Gasteiger partial charge on any atom is -0.463 e. The molecule has 0 aliphatic rings. The molecule has 0 aromatic heterocycles. The van der Waals surface area contributed by atoms with Crippen molar-refractivity contribution in [3.8, 4) is 0 Å². The molecule has 5 heteroatoms. The van der Waals surface area contributed by atoms with Gasteiger partial charge >= 0.3 is 12.1 Å². The fraction of sp³-hybridized carbons (Fsp3) is 0.467. The van der Waals surface area contributed by atoms with Crippen LogP contribution in [-0.2, 0) is 14.3 Å². The first-order valence-electron chi connectivity index (χ1n) is 6.46. The second-order valence-corrected chi connectivity index (χ2v) is 5.41. The van der Waals surface area contributed by atoms with Gasteiger partial charge in [-0.1, -0.05) is 30.3 Å². The van der Waals surface area contributed by atoms with Crippen molar-refractivity contribution in [2.24, 2.45) is 0 Å². The Labute approximate surface area is 119 Å². The number of ether oxygens (including phenoxy) is 2. The molecule has 1 aromatic carbocycles. The average molecular weight is 279 g/mol. The van der Waals surface area contributed by atoms with E-state index in [1.54, 1.807) is 20.8 Å². The van der Waals surface area contributed by atoms with Gasteiger partial charge in [0.2, 0.25) is 0 Å². The van der Waals surface area contributed by atoms with E-state index in [0.717, 1.165) is 5.56 Å². The van der Waals surface area contributed by atoms with E-state index in [1.807, 2.05) is 30.3 Å². The van der Waals surface area contributed by atoms with Gasteiger partial charge < -0.3 is 14.8 Å². The molecule has 0 aliphatic heterocycles. The van der Waals surface area contributed by atoms with Gasteiger partial charge in [-0.25, -0.2) is 4.79 Å². The van der Waals surface area contributed by atoms with E-state index in [2.05, 4.69) is 5.32 Å². The molecule has 1 N–H and O–H groups in total. The van der Waals surface area contributed by atoms with Crippen LogP contribution in [0.1, 0.15) is 39.3 Å². The summed E-state index contributed by atoms with van der Waals surface area (Å²) in [4.78, 5) is 22.7. The zero-order chi connectivity index (χ0) is 15.2. The predicted molar refractivity (Wildman–Crippen MR) is 75.2 cm³/mol. The first-order chi connectivity index (χ1) is 9.28. The second kappa shape index (κ2) is 6.93. The summed E-state index contributed by atoms with van der Waals surface area (Å²) in [6, 6.07) is 8.85. The van der Waals surface area contributed by atoms with Gasteiger partial charge in [-0.3, -0.25) is 4.79 Å². The van der Waals surface area contributed by atoms with E-state index in [-0.39, 0.29) is 6.61 Å². The first kappa shape index (κ1) is 16.0. The van der Waals surface area contributed by atoms with Crippen LogP contribution >= 0.6 is 0 Å². The van der Waals surface area contributed by atoms with Gasteiger partial charge in [0.1, 0.15) is 12.2 Å². The maximum Gasteiger partial charge on any atom is 0.408 e. The lowest BCUT2D eigenvalue weighted by molar-refractivity contribution is -0.141. The number of carbonyl (C=O) groups excluding carboxylic acids is 2. The number of alkyl carbamates (subject to hydrolysis) is 1. The number of hydrogen-bond donors (Lipinski definition) is 1. The highest BCUT2D eigenvalue weighted by Gasteiger charge is 2.21. The summed E-state index contributed by atoms with van der Waals surface area (Å²) in [5, 5.41) is 2.71. The lowest BCUT2D eigenvalue weighted by Gasteiger charge is -2.23. The quantitative estimate of drug-likeness (QED) is 0.861. The molecule has 5 nitrogen and oxygen atoms in total. The van der Waals surface area contributed by atoms with Gasteiger partial charge in [-0.15, -0.1) is 0 Å². The van der Waals surface area contributed by atoms with Crippen molar-refractivity contribution in [1.29, 1.82) is 0 Å². The topological polar surface area (TPSA) is 64.6 Å². The van der Waals surface area contributed by atoms with Crippen molar-refractivity contribution in [3.63, 3.8) is 0 Å². The summed E-state index contributed by atoms with van der Waals surface area (Å²) < 4.78 is 10.2. The Morgan fingerprint density at radius 2 is 1.80 bits per heavy atom. The van der Waals surface area contributed by atoms with Crippen molar-refractivity contribution in [3.05, 3.63) is 35.9 Å². The zero-order valence-electron chi connectivity index (χ0n) is 12.3. The first-order valence-corrected chi connectivity index (χ1v) is 6.46. The molecule has 0 saturated heterocycles. The molecule has 1 atom stereocenters. The Morgan fingerprint density at radius 1 is 1.20 bits per heavy atom. The Morgan fingerprint density at radius 3 is 2.30 bits per heavy atom. The molecule has 0 radical (unpaired) electrons. The third-order valence-electron chi connectivity index (χ3n) is 2.35. The molecule has 0 heterocycles. The molecule has 0 aliphatic carbocycles. The van der Waals surface area contributed by atoms with Gasteiger partial charge in [0.15, 0.2) is 0 Å². The van der Waals surface area contributed by atoms with Gasteiger partial charge in [-0.2, -0.15) is 0 Å². The number of nitrogens with one attached hydrogen (secondary N) is 1. The third-order valence-corrected chi connectivity index (χ3v) is 2.35. The number of rotatable bonds is 4. The van der Waals surface area contributed by atoms with Crippen molar-refractivity contribution >= 4 is 12.1 Å². The standard InChI is InChI=1S/C15H21NO4/c1-11(17)19-10-13(12-8-6-5-7-9-12)16-14(18)20-15(2,3)4/h5-9,13H,10H2,1-4H3,(H,16,18). The predicted octanol–water partition coefficient (Wildman–Crippen LogP) is 2.82. The maximum atomic E-state index is 11.8. The highest BCUT2D eigenvalue weighted by atomic mass is 16.6. The summed E-state index contributed by atoms with van der Waals surface area (Å²) in [7, 11) is 0. The molecule has 0 spiro atoms. The Kier molecular flexibility index (Phi) is 5.55. The third kappa shape index (κ3) is 6.22. The van der Waals surface area contributed by atoms with Crippen LogP contribution in [0.15, 0.2) is 30.3 Å². The van der Waals surface area contributed by atoms with Crippen molar-refractivity contribution in [2.45, 2.75) is 39.3 Å². The summed E-state index contributed by atoms with van der Waals surface area (Å²) in [6.07, 6.45) is -0.543. The molecule has 1 unspecified atom stereocenters. The number of esters is 1. The highest BCUT2D eigenvalue weighted by molar-refractivity contribution is 5.69. The second-order valence-electron chi connectivity index (χ2n) is 5.41. The Hall–Kier alpha value is -2.04. The Bertz CT molecular complexity index is 451. The zero-order valence-corrected chi connectivity index (χ0v) is 12.3. The van der Waals surface area contributed by atoms with Crippen LogP contribution in [0, 0.1) is 0 Å². The van der Waals surface area contributed by atoms with E-state index < -0.39 is 23.7 Å². The molecule has 0 bridgehead atoms. The van der Waals surface area contributed by atoms with Crippen molar-refractivity contribution < 1.29 is 19.1 Å². The van der Waals surface area contributed by atoms with Gasteiger partial charge in [0.05, 0.1) is 6.04 Å². The van der Waals surface area contributed by atoms with Crippen molar-refractivity contribution in [1.82, 2.24) is 5.32 Å². The highest BCUT2D eigenvalue weighted by Crippen LogP contribution is 2.15. The molecule has 20 heavy (non-hydrogen) atoms. The normalized spacial score (nSPS) is 12.4. The van der Waals surface area contributed by atoms with Crippen LogP contribution in [0.4, 0.5) is 4.79 Å². The molecule has 110 valence electrons. The van der Waals surface area contributed by atoms with Gasteiger partial charge in [-0.05, 0) is 26.3 Å². The SMILES string of the molecule is CC(=O)OCC(NC(=O)OC(C)(C)C)c1ccccc1. The number of hydrogen-bond acceptors (Lipinski definition) is 4. The van der Waals surface area contributed by atoms with Crippen LogP contribution in [0.5, 0.6) is 0 Å². The number of carbonyl (C=O) groups is 2. The largest absolute Gasteiger partial charge is 0.463 e. The number of benzene rings is 1. The average Bonchev–Trinajstić information content (AvgIpc) is 2.33. The summed E-state index contributed by atoms with van der Waals surface area (Å²) in [5.41, 5.74) is 0.270. The Balaban J connectivity index is 2.73. The lowest BCUT2D eigenvalue weighted by atomic mass is 10.1. The van der Waals surface area contributed by atoms with Gasteiger partial charge in [0, 0.05) is 6.92 Å². The molecule has 0 fully saturated rings. The maximum absolute atomic E-state index is 11.8. The fourth-order valence-electron chi connectivity index (χ4n) is 1.56. The molecule has 1 rings (SSSR count). The monoisotopic (exact) mass is 279 g/mol. The lowest BCUT2D eigenvalue weighted by Crippen LogP contribution is -2.36. The summed E-state index contributed by atoms with van der Waals surface area (Å²) in [6.45, 7) is 6.76. The van der Waals surface area contributed by atoms with Crippen molar-refractivity contribution in [2.75, 3.05) is 6.61 Å². The minimum atomic E-state index is -0.577. The van der Waals surface area contributed by atoms with Crippen LogP contribution < -0.4 is 5.32 Å². The van der Waals surface area contributed by atoms with Crippen LogP contribution in [0.25, 0.3) is 0 Å². The fourth-order valence-corrected chi connectivity index (χ4v) is 1.56. The van der Waals surface area contributed by atoms with Crippen LogP contribution in [0.3, 0.4) is 0 Å². The number of amides is 1. The molecular formula is C15H21NO4. The van der Waals surface area contributed by atoms with Crippen LogP contribution in [-0.4, -0.2) is 24.3 Å².